The van der Waals surface area contributed by atoms with Crippen molar-refractivity contribution in [3.8, 4) is 0 Å². The van der Waals surface area contributed by atoms with Crippen molar-refractivity contribution in [3.05, 3.63) is 51.4 Å². The van der Waals surface area contributed by atoms with Gasteiger partial charge in [0.15, 0.2) is 0 Å². The Morgan fingerprint density at radius 1 is 0.947 bits per heavy atom. The summed E-state index contributed by atoms with van der Waals surface area (Å²) in [6.45, 7) is 0. The van der Waals surface area contributed by atoms with E-state index in [2.05, 4.69) is 55.0 Å². The Bertz CT molecular complexity index is 941. The van der Waals surface area contributed by atoms with Crippen molar-refractivity contribution in [2.75, 3.05) is 0 Å². The molecule has 2 nitrogen and oxygen atoms in total. The summed E-state index contributed by atoms with van der Waals surface area (Å²) in [5.74, 6) is 0. The van der Waals surface area contributed by atoms with Gasteiger partial charge in [-0.25, -0.2) is 4.98 Å². The molecule has 0 saturated carbocycles. The van der Waals surface area contributed by atoms with Gasteiger partial charge in [0.25, 0.3) is 0 Å². The fraction of sp³-hybridized carbons (Fsp3) is 0. The van der Waals surface area contributed by atoms with E-state index in [0.717, 1.165) is 36.4 Å². The molecule has 0 aliphatic rings. The van der Waals surface area contributed by atoms with E-state index < -0.39 is 0 Å². The Kier molecular flexibility index (Phi) is 2.44. The maximum Gasteiger partial charge on any atom is 0.139 e. The number of fused-ring (bicyclic) bond motifs is 4. The zero-order valence-corrected chi connectivity index (χ0v) is 12.9. The van der Waals surface area contributed by atoms with Crippen molar-refractivity contribution >= 4 is 64.7 Å². The van der Waals surface area contributed by atoms with Gasteiger partial charge < -0.3 is 4.98 Å². The molecule has 0 spiro atoms. The van der Waals surface area contributed by atoms with Crippen LogP contribution in [0.5, 0.6) is 0 Å². The number of nitrogens with one attached hydrogen (secondary N) is 1. The molecule has 0 saturated heterocycles. The fourth-order valence-corrected chi connectivity index (χ4v) is 3.25. The quantitative estimate of drug-likeness (QED) is 0.438. The normalized spacial score (nSPS) is 11.7. The first-order chi connectivity index (χ1) is 9.22. The largest absolute Gasteiger partial charge is 0.338 e. The lowest BCUT2D eigenvalue weighted by molar-refractivity contribution is 1.40. The number of halogens is 2. The Morgan fingerprint density at radius 3 is 2.74 bits per heavy atom. The van der Waals surface area contributed by atoms with E-state index in [1.165, 1.54) is 5.39 Å². The highest BCUT2D eigenvalue weighted by atomic mass is 79.9. The van der Waals surface area contributed by atoms with Crippen molar-refractivity contribution in [1.82, 2.24) is 9.97 Å². The van der Waals surface area contributed by atoms with Crippen LogP contribution in [-0.2, 0) is 0 Å². The predicted molar refractivity (Wildman–Crippen MR) is 86.5 cm³/mol. The van der Waals surface area contributed by atoms with Crippen LogP contribution >= 0.6 is 31.9 Å². The lowest BCUT2D eigenvalue weighted by Crippen LogP contribution is -1.80. The Hall–Kier alpha value is -1.39. The van der Waals surface area contributed by atoms with Crippen molar-refractivity contribution < 1.29 is 0 Å². The van der Waals surface area contributed by atoms with Gasteiger partial charge >= 0.3 is 0 Å². The summed E-state index contributed by atoms with van der Waals surface area (Å²) in [5.41, 5.74) is 3.01. The van der Waals surface area contributed by atoms with Crippen LogP contribution in [-0.4, -0.2) is 9.97 Å². The van der Waals surface area contributed by atoms with E-state index in [9.17, 15) is 0 Å². The van der Waals surface area contributed by atoms with Crippen molar-refractivity contribution in [1.29, 1.82) is 0 Å². The molecule has 4 rings (SSSR count). The second-order valence-corrected chi connectivity index (χ2v) is 6.28. The van der Waals surface area contributed by atoms with Crippen molar-refractivity contribution in [2.45, 2.75) is 0 Å². The molecule has 1 N–H and O–H groups in total. The van der Waals surface area contributed by atoms with E-state index in [-0.39, 0.29) is 0 Å². The molecule has 0 amide bonds. The summed E-state index contributed by atoms with van der Waals surface area (Å²) in [4.78, 5) is 8.10. The number of aromatic nitrogens is 2. The van der Waals surface area contributed by atoms with Gasteiger partial charge in [0.1, 0.15) is 5.65 Å². The second-order valence-electron chi connectivity index (χ2n) is 4.51. The first kappa shape index (κ1) is 11.4. The molecule has 0 radical (unpaired) electrons. The van der Waals surface area contributed by atoms with Gasteiger partial charge in [0.2, 0.25) is 0 Å². The van der Waals surface area contributed by atoms with E-state index in [4.69, 9.17) is 4.98 Å². The molecule has 4 aromatic rings. The number of pyridine rings is 1. The summed E-state index contributed by atoms with van der Waals surface area (Å²) < 4.78 is 2.11. The van der Waals surface area contributed by atoms with Gasteiger partial charge in [-0.1, -0.05) is 34.1 Å². The lowest BCUT2D eigenvalue weighted by Gasteiger charge is -1.98. The number of hydrogen-bond acceptors (Lipinski definition) is 1. The van der Waals surface area contributed by atoms with Crippen molar-refractivity contribution in [3.63, 3.8) is 0 Å². The first-order valence-electron chi connectivity index (χ1n) is 5.88. The molecular weight excluding hydrogens is 368 g/mol. The summed E-state index contributed by atoms with van der Waals surface area (Å²) in [5, 5.41) is 3.50. The monoisotopic (exact) mass is 374 g/mol. The second kappa shape index (κ2) is 4.05. The third kappa shape index (κ3) is 1.70. The number of hydrogen-bond donors (Lipinski definition) is 1. The highest BCUT2D eigenvalue weighted by Crippen LogP contribution is 2.31. The summed E-state index contributed by atoms with van der Waals surface area (Å²) >= 11 is 7.06. The van der Waals surface area contributed by atoms with E-state index in [0.29, 0.717) is 0 Å². The SMILES string of the molecule is Brc1ccc2cc3c(nc2c1)[nH]c1c(Br)cccc13. The van der Waals surface area contributed by atoms with Crippen molar-refractivity contribution in [2.24, 2.45) is 0 Å². The zero-order chi connectivity index (χ0) is 13.0. The van der Waals surface area contributed by atoms with Gasteiger partial charge in [-0.05, 0) is 40.2 Å². The smallest absolute Gasteiger partial charge is 0.139 e. The topological polar surface area (TPSA) is 28.7 Å². The van der Waals surface area contributed by atoms with Crippen LogP contribution in [0.3, 0.4) is 0 Å². The molecule has 0 bridgehead atoms. The molecule has 2 heterocycles. The number of nitrogens with zero attached hydrogens (tertiary/aromatic N) is 1. The average molecular weight is 376 g/mol. The highest BCUT2D eigenvalue weighted by molar-refractivity contribution is 9.11. The summed E-state index contributed by atoms with van der Waals surface area (Å²) in [7, 11) is 0. The van der Waals surface area contributed by atoms with Crippen LogP contribution in [0, 0.1) is 0 Å². The van der Waals surface area contributed by atoms with Crippen LogP contribution < -0.4 is 0 Å². The highest BCUT2D eigenvalue weighted by Gasteiger charge is 2.09. The van der Waals surface area contributed by atoms with E-state index in [1.807, 2.05) is 24.3 Å². The standard InChI is InChI=1S/C15H8Br2N2/c16-9-5-4-8-6-11-10-2-1-3-12(17)14(10)19-15(11)18-13(8)7-9/h1-7H,(H,18,19). The molecule has 19 heavy (non-hydrogen) atoms. The van der Waals surface area contributed by atoms with Gasteiger partial charge in [0.05, 0.1) is 11.0 Å². The van der Waals surface area contributed by atoms with Gasteiger partial charge in [-0.2, -0.15) is 0 Å². The minimum atomic E-state index is 0.924. The van der Waals surface area contributed by atoms with Crippen LogP contribution in [0.25, 0.3) is 32.8 Å². The maximum absolute atomic E-state index is 4.71. The molecule has 2 aromatic carbocycles. The third-order valence-electron chi connectivity index (χ3n) is 3.33. The summed E-state index contributed by atoms with van der Waals surface area (Å²) in [6, 6.07) is 14.6. The van der Waals surface area contributed by atoms with Gasteiger partial charge in [-0.15, -0.1) is 0 Å². The number of rotatable bonds is 0. The molecule has 2 aromatic heterocycles. The van der Waals surface area contributed by atoms with Crippen LogP contribution in [0.1, 0.15) is 0 Å². The fourth-order valence-electron chi connectivity index (χ4n) is 2.43. The first-order valence-corrected chi connectivity index (χ1v) is 7.47. The number of benzene rings is 2. The predicted octanol–water partition coefficient (Wildman–Crippen LogP) is 5.39. The van der Waals surface area contributed by atoms with Crippen LogP contribution in [0.4, 0.5) is 0 Å². The van der Waals surface area contributed by atoms with Gasteiger partial charge in [-0.3, -0.25) is 0 Å². The molecular formula is C15H8Br2N2. The Morgan fingerprint density at radius 2 is 1.84 bits per heavy atom. The van der Waals surface area contributed by atoms with E-state index in [1.54, 1.807) is 0 Å². The van der Waals surface area contributed by atoms with Gasteiger partial charge in [0, 0.05) is 25.1 Å². The molecule has 0 unspecified atom stereocenters. The Labute approximate surface area is 126 Å². The molecule has 0 aliphatic heterocycles. The number of para-hydroxylation sites is 1. The average Bonchev–Trinajstić information content (AvgIpc) is 2.75. The lowest BCUT2D eigenvalue weighted by atomic mass is 10.1. The minimum absolute atomic E-state index is 0.924. The number of aromatic amines is 1. The molecule has 92 valence electrons. The molecule has 0 fully saturated rings. The number of H-pyrrole nitrogens is 1. The summed E-state index contributed by atoms with van der Waals surface area (Å²) in [6.07, 6.45) is 0. The maximum atomic E-state index is 4.71. The van der Waals surface area contributed by atoms with Crippen LogP contribution in [0.15, 0.2) is 51.4 Å². The molecule has 4 heteroatoms. The minimum Gasteiger partial charge on any atom is -0.338 e. The van der Waals surface area contributed by atoms with E-state index >= 15 is 0 Å². The third-order valence-corrected chi connectivity index (χ3v) is 4.48. The Balaban J connectivity index is 2.23. The molecule has 0 atom stereocenters. The van der Waals surface area contributed by atoms with Crippen LogP contribution in [0.2, 0.25) is 0 Å². The zero-order valence-electron chi connectivity index (χ0n) is 9.74. The molecule has 0 aliphatic carbocycles.